The number of hydrogen-bond donors (Lipinski definition) is 1. The summed E-state index contributed by atoms with van der Waals surface area (Å²) < 4.78 is 19.2. The highest BCUT2D eigenvalue weighted by Gasteiger charge is 2.28. The smallest absolute Gasteiger partial charge is 0.225 e. The molecule has 1 heterocycles. The molecule has 1 fully saturated rings. The summed E-state index contributed by atoms with van der Waals surface area (Å²) in [4.78, 5) is 15.9. The van der Waals surface area contributed by atoms with Crippen LogP contribution in [0.15, 0.2) is 18.2 Å². The van der Waals surface area contributed by atoms with E-state index in [2.05, 4.69) is 0 Å². The summed E-state index contributed by atoms with van der Waals surface area (Å²) in [5.74, 6) is -0.310. The number of nitrogens with zero attached hydrogens (tertiary/aromatic N) is 2. The Morgan fingerprint density at radius 2 is 2.23 bits per heavy atom. The van der Waals surface area contributed by atoms with Crippen LogP contribution in [0, 0.1) is 5.82 Å². The second-order valence-corrected chi connectivity index (χ2v) is 5.53. The van der Waals surface area contributed by atoms with E-state index in [1.165, 1.54) is 0 Å². The van der Waals surface area contributed by atoms with Crippen LogP contribution in [0.4, 0.5) is 10.1 Å². The van der Waals surface area contributed by atoms with Gasteiger partial charge in [0.25, 0.3) is 0 Å². The molecule has 1 N–H and O–H groups in total. The summed E-state index contributed by atoms with van der Waals surface area (Å²) in [6.45, 7) is 3.78. The van der Waals surface area contributed by atoms with Crippen molar-refractivity contribution in [3.63, 3.8) is 0 Å². The molecule has 1 atom stereocenters. The number of methoxy groups -OCH3 is 1. The summed E-state index contributed by atoms with van der Waals surface area (Å²) in [6.07, 6.45) is 0.370. The highest BCUT2D eigenvalue weighted by molar-refractivity contribution is 5.77. The van der Waals surface area contributed by atoms with E-state index in [1.54, 1.807) is 25.3 Å². The van der Waals surface area contributed by atoms with Crippen molar-refractivity contribution in [3.8, 4) is 0 Å². The van der Waals surface area contributed by atoms with Crippen LogP contribution in [0.25, 0.3) is 0 Å². The van der Waals surface area contributed by atoms with Gasteiger partial charge in [0.1, 0.15) is 0 Å². The molecule has 1 aromatic rings. The Hall–Kier alpha value is -1.66. The fraction of sp³-hybridized carbons (Fsp3) is 0.562. The SMILES string of the molecule is COCCC(=O)N1CCN(c2cccc(CO)c2F)C[C@H]1C. The Balaban J connectivity index is 2.05. The summed E-state index contributed by atoms with van der Waals surface area (Å²) in [6, 6.07) is 5.04. The first kappa shape index (κ1) is 16.7. The average molecular weight is 310 g/mol. The molecule has 122 valence electrons. The standard InChI is InChI=1S/C16H23FN2O3/c1-12-10-18(7-8-19(12)15(21)6-9-22-2)14-5-3-4-13(11-20)16(14)17/h3-5,12,20H,6-11H2,1-2H3/t12-/m1/s1. The van der Waals surface area contributed by atoms with Gasteiger partial charge >= 0.3 is 0 Å². The van der Waals surface area contributed by atoms with Gasteiger partial charge in [0.15, 0.2) is 5.82 Å². The van der Waals surface area contributed by atoms with Gasteiger partial charge in [-0.2, -0.15) is 0 Å². The van der Waals surface area contributed by atoms with E-state index in [0.717, 1.165) is 0 Å². The van der Waals surface area contributed by atoms with E-state index in [9.17, 15) is 9.18 Å². The average Bonchev–Trinajstić information content (AvgIpc) is 2.52. The highest BCUT2D eigenvalue weighted by Crippen LogP contribution is 2.25. The van der Waals surface area contributed by atoms with Crippen molar-refractivity contribution in [3.05, 3.63) is 29.6 Å². The Kier molecular flexibility index (Phi) is 5.74. The fourth-order valence-electron chi connectivity index (χ4n) is 2.81. The van der Waals surface area contributed by atoms with Gasteiger partial charge in [-0.05, 0) is 13.0 Å². The third-order valence-corrected chi connectivity index (χ3v) is 4.04. The maximum Gasteiger partial charge on any atom is 0.225 e. The second-order valence-electron chi connectivity index (χ2n) is 5.53. The molecule has 1 amide bonds. The van der Waals surface area contributed by atoms with Crippen LogP contribution >= 0.6 is 0 Å². The molecule has 0 unspecified atom stereocenters. The van der Waals surface area contributed by atoms with Crippen molar-refractivity contribution >= 4 is 11.6 Å². The Labute approximate surface area is 130 Å². The lowest BCUT2D eigenvalue weighted by atomic mass is 10.1. The number of carbonyl (C=O) groups is 1. The van der Waals surface area contributed by atoms with Crippen LogP contribution in [-0.2, 0) is 16.1 Å². The molecule has 1 aromatic carbocycles. The molecule has 0 saturated carbocycles. The fourth-order valence-corrected chi connectivity index (χ4v) is 2.81. The number of piperazine rings is 1. The number of halogens is 1. The van der Waals surface area contributed by atoms with E-state index in [-0.39, 0.29) is 24.4 Å². The van der Waals surface area contributed by atoms with Crippen LogP contribution < -0.4 is 4.90 Å². The first-order valence-electron chi connectivity index (χ1n) is 7.50. The molecule has 1 aliphatic heterocycles. The zero-order valence-corrected chi connectivity index (χ0v) is 13.1. The molecule has 5 nitrogen and oxygen atoms in total. The molecule has 0 spiro atoms. The topological polar surface area (TPSA) is 53.0 Å². The van der Waals surface area contributed by atoms with Gasteiger partial charge < -0.3 is 19.6 Å². The van der Waals surface area contributed by atoms with Crippen molar-refractivity contribution < 1.29 is 19.0 Å². The molecule has 0 bridgehead atoms. The Morgan fingerprint density at radius 3 is 2.86 bits per heavy atom. The number of amides is 1. The van der Waals surface area contributed by atoms with Gasteiger partial charge in [0.05, 0.1) is 25.3 Å². The van der Waals surface area contributed by atoms with Gasteiger partial charge in [-0.3, -0.25) is 4.79 Å². The first-order valence-corrected chi connectivity index (χ1v) is 7.50. The molecular formula is C16H23FN2O3. The summed E-state index contributed by atoms with van der Waals surface area (Å²) in [5, 5.41) is 9.17. The molecule has 1 aliphatic rings. The van der Waals surface area contributed by atoms with Crippen LogP contribution in [0.2, 0.25) is 0 Å². The zero-order chi connectivity index (χ0) is 16.1. The highest BCUT2D eigenvalue weighted by atomic mass is 19.1. The van der Waals surface area contributed by atoms with E-state index in [4.69, 9.17) is 9.84 Å². The number of anilines is 1. The van der Waals surface area contributed by atoms with Crippen LogP contribution in [0.3, 0.4) is 0 Å². The number of aliphatic hydroxyl groups is 1. The summed E-state index contributed by atoms with van der Waals surface area (Å²) in [7, 11) is 1.57. The number of ether oxygens (including phenoxy) is 1. The number of hydrogen-bond acceptors (Lipinski definition) is 4. The van der Waals surface area contributed by atoms with Crippen molar-refractivity contribution in [2.45, 2.75) is 26.0 Å². The minimum Gasteiger partial charge on any atom is -0.392 e. The lowest BCUT2D eigenvalue weighted by molar-refractivity contribution is -0.134. The molecule has 1 saturated heterocycles. The van der Waals surface area contributed by atoms with Gasteiger partial charge in [-0.1, -0.05) is 12.1 Å². The van der Waals surface area contributed by atoms with Crippen molar-refractivity contribution in [1.82, 2.24) is 4.90 Å². The van der Waals surface area contributed by atoms with Crippen LogP contribution in [0.5, 0.6) is 0 Å². The number of benzene rings is 1. The normalized spacial score (nSPS) is 18.6. The quantitative estimate of drug-likeness (QED) is 0.893. The lowest BCUT2D eigenvalue weighted by Crippen LogP contribution is -2.54. The minimum atomic E-state index is -0.378. The third kappa shape index (κ3) is 3.56. The van der Waals surface area contributed by atoms with E-state index >= 15 is 0 Å². The third-order valence-electron chi connectivity index (χ3n) is 4.04. The zero-order valence-electron chi connectivity index (χ0n) is 13.1. The van der Waals surface area contributed by atoms with Crippen LogP contribution in [0.1, 0.15) is 18.9 Å². The predicted octanol–water partition coefficient (Wildman–Crippen LogP) is 1.39. The molecular weight excluding hydrogens is 287 g/mol. The molecule has 0 radical (unpaired) electrons. The monoisotopic (exact) mass is 310 g/mol. The van der Waals surface area contributed by atoms with Crippen molar-refractivity contribution in [2.75, 3.05) is 38.3 Å². The Morgan fingerprint density at radius 1 is 1.45 bits per heavy atom. The molecule has 2 rings (SSSR count). The Bertz CT molecular complexity index is 524. The number of aliphatic hydroxyl groups excluding tert-OH is 1. The van der Waals surface area contributed by atoms with Gasteiger partial charge in [-0.15, -0.1) is 0 Å². The molecule has 0 aliphatic carbocycles. The summed E-state index contributed by atoms with van der Waals surface area (Å²) >= 11 is 0. The largest absolute Gasteiger partial charge is 0.392 e. The van der Waals surface area contributed by atoms with E-state index < -0.39 is 0 Å². The minimum absolute atomic E-state index is 0.00953. The molecule has 0 aromatic heterocycles. The maximum atomic E-state index is 14.3. The lowest BCUT2D eigenvalue weighted by Gasteiger charge is -2.41. The second kappa shape index (κ2) is 7.56. The van der Waals surface area contributed by atoms with Crippen molar-refractivity contribution in [1.29, 1.82) is 0 Å². The van der Waals surface area contributed by atoms with Crippen molar-refractivity contribution in [2.24, 2.45) is 0 Å². The first-order chi connectivity index (χ1) is 10.6. The van der Waals surface area contributed by atoms with Gasteiger partial charge in [-0.25, -0.2) is 4.39 Å². The summed E-state index contributed by atoms with van der Waals surface area (Å²) in [5.41, 5.74) is 0.783. The van der Waals surface area contributed by atoms with E-state index in [0.29, 0.717) is 43.9 Å². The number of rotatable bonds is 5. The molecule has 6 heteroatoms. The van der Waals surface area contributed by atoms with Gasteiger partial charge in [0, 0.05) is 38.3 Å². The molecule has 22 heavy (non-hydrogen) atoms. The van der Waals surface area contributed by atoms with E-state index in [1.807, 2.05) is 16.7 Å². The predicted molar refractivity (Wildman–Crippen MR) is 82.2 cm³/mol. The number of carbonyl (C=O) groups excluding carboxylic acids is 1. The maximum absolute atomic E-state index is 14.3. The van der Waals surface area contributed by atoms with Crippen LogP contribution in [-0.4, -0.2) is 55.3 Å². The van der Waals surface area contributed by atoms with Gasteiger partial charge in [0.2, 0.25) is 5.91 Å².